The molecule has 0 amide bonds. The molecular formula is C48H27NO3S. The minimum Gasteiger partial charge on any atom is -0.455 e. The molecule has 0 saturated heterocycles. The van der Waals surface area contributed by atoms with Crippen LogP contribution in [0.15, 0.2) is 177 Å². The summed E-state index contributed by atoms with van der Waals surface area (Å²) < 4.78 is 22.7. The second-order valence-electron chi connectivity index (χ2n) is 13.6. The molecule has 53 heavy (non-hydrogen) atoms. The SMILES string of the molecule is c1cc(-c2cccc3c2oc2c3ccc3sc4ccccc4c32)cc(N(c2cccc3c2oc2ccccc23)c2cccc3c2oc2ccccc23)c1. The van der Waals surface area contributed by atoms with Crippen LogP contribution in [0.1, 0.15) is 0 Å². The highest BCUT2D eigenvalue weighted by Crippen LogP contribution is 2.48. The summed E-state index contributed by atoms with van der Waals surface area (Å²) in [4.78, 5) is 2.28. The smallest absolute Gasteiger partial charge is 0.159 e. The molecule has 8 aromatic carbocycles. The molecule has 12 aromatic rings. The van der Waals surface area contributed by atoms with Gasteiger partial charge in [0.15, 0.2) is 11.2 Å². The Morgan fingerprint density at radius 3 is 1.66 bits per heavy atom. The summed E-state index contributed by atoms with van der Waals surface area (Å²) in [6, 6.07) is 57.5. The zero-order valence-corrected chi connectivity index (χ0v) is 29.0. The van der Waals surface area contributed by atoms with Crippen LogP contribution in [0.4, 0.5) is 17.1 Å². The number of fused-ring (bicyclic) bond motifs is 13. The Hall–Kier alpha value is -6.82. The third kappa shape index (κ3) is 4.11. The number of para-hydroxylation sites is 5. The Balaban J connectivity index is 1.12. The molecule has 0 saturated carbocycles. The van der Waals surface area contributed by atoms with Crippen LogP contribution < -0.4 is 4.90 Å². The van der Waals surface area contributed by atoms with Gasteiger partial charge in [-0.3, -0.25) is 0 Å². The van der Waals surface area contributed by atoms with E-state index in [0.29, 0.717) is 0 Å². The van der Waals surface area contributed by atoms with E-state index < -0.39 is 0 Å². The molecule has 0 fully saturated rings. The Morgan fingerprint density at radius 2 is 0.943 bits per heavy atom. The fourth-order valence-corrected chi connectivity index (χ4v) is 9.43. The molecule has 0 N–H and O–H groups in total. The van der Waals surface area contributed by atoms with E-state index in [1.165, 1.54) is 20.2 Å². The van der Waals surface area contributed by atoms with Gasteiger partial charge in [-0.1, -0.05) is 109 Å². The summed E-state index contributed by atoms with van der Waals surface area (Å²) in [5, 5.41) is 8.96. The molecule has 12 rings (SSSR count). The number of hydrogen-bond acceptors (Lipinski definition) is 5. The zero-order valence-electron chi connectivity index (χ0n) is 28.2. The van der Waals surface area contributed by atoms with Gasteiger partial charge in [0, 0.05) is 63.7 Å². The molecule has 5 heteroatoms. The first-order valence-corrected chi connectivity index (χ1v) is 18.6. The van der Waals surface area contributed by atoms with Gasteiger partial charge in [-0.2, -0.15) is 0 Å². The molecule has 0 aliphatic rings. The van der Waals surface area contributed by atoms with Gasteiger partial charge in [0.2, 0.25) is 0 Å². The number of benzene rings is 8. The second-order valence-corrected chi connectivity index (χ2v) is 14.7. The van der Waals surface area contributed by atoms with Crippen LogP contribution >= 0.6 is 11.3 Å². The van der Waals surface area contributed by atoms with E-state index in [1.807, 2.05) is 35.6 Å². The minimum absolute atomic E-state index is 0.818. The topological polar surface area (TPSA) is 42.7 Å². The van der Waals surface area contributed by atoms with E-state index in [-0.39, 0.29) is 0 Å². The predicted octanol–water partition coefficient (Wildman–Crippen LogP) is 14.9. The molecule has 0 bridgehead atoms. The van der Waals surface area contributed by atoms with Crippen molar-refractivity contribution in [3.8, 4) is 11.1 Å². The predicted molar refractivity (Wildman–Crippen MR) is 221 cm³/mol. The quantitative estimate of drug-likeness (QED) is 0.184. The first-order valence-electron chi connectivity index (χ1n) is 17.7. The summed E-state index contributed by atoms with van der Waals surface area (Å²) in [6.45, 7) is 0. The number of hydrogen-bond donors (Lipinski definition) is 0. The molecular weight excluding hydrogens is 671 g/mol. The van der Waals surface area contributed by atoms with Crippen LogP contribution in [0.2, 0.25) is 0 Å². The highest BCUT2D eigenvalue weighted by molar-refractivity contribution is 7.26. The van der Waals surface area contributed by atoms with E-state index in [9.17, 15) is 0 Å². The van der Waals surface area contributed by atoms with Crippen molar-refractivity contribution in [3.63, 3.8) is 0 Å². The lowest BCUT2D eigenvalue weighted by Crippen LogP contribution is -2.10. The van der Waals surface area contributed by atoms with Crippen LogP contribution in [0.25, 0.3) is 97.1 Å². The van der Waals surface area contributed by atoms with E-state index >= 15 is 0 Å². The lowest BCUT2D eigenvalue weighted by atomic mass is 10.0. The maximum Gasteiger partial charge on any atom is 0.159 e. The number of furan rings is 3. The summed E-state index contributed by atoms with van der Waals surface area (Å²) >= 11 is 1.81. The van der Waals surface area contributed by atoms with Crippen molar-refractivity contribution >= 4 is 114 Å². The molecule has 0 aliphatic heterocycles. The number of thiophene rings is 1. The van der Waals surface area contributed by atoms with Gasteiger partial charge in [-0.15, -0.1) is 11.3 Å². The van der Waals surface area contributed by atoms with E-state index in [4.69, 9.17) is 13.3 Å². The fraction of sp³-hybridized carbons (Fsp3) is 0. The second kappa shape index (κ2) is 10.8. The summed E-state index contributed by atoms with van der Waals surface area (Å²) in [6.07, 6.45) is 0. The van der Waals surface area contributed by atoms with Crippen LogP contribution in [-0.4, -0.2) is 0 Å². The standard InChI is InChI=1S/C48H27NO3S/c1-4-22-40-31(13-1)33-18-9-20-38(46(33)50-40)49(39-21-10-19-34-32-14-2-5-23-41(32)51-47(34)39)29-12-7-11-28(27-29)30-16-8-17-35-36-25-26-43-44(48(36)52-45(30)35)37-15-3-6-24-42(37)53-43/h1-27H. The average Bonchev–Trinajstić information content (AvgIpc) is 3.98. The first kappa shape index (κ1) is 28.8. The van der Waals surface area contributed by atoms with E-state index in [0.717, 1.165) is 94.0 Å². The molecule has 0 aliphatic carbocycles. The van der Waals surface area contributed by atoms with Crippen molar-refractivity contribution in [3.05, 3.63) is 164 Å². The van der Waals surface area contributed by atoms with Crippen LogP contribution in [-0.2, 0) is 0 Å². The summed E-state index contributed by atoms with van der Waals surface area (Å²) in [5.41, 5.74) is 10.1. The lowest BCUT2D eigenvalue weighted by Gasteiger charge is -2.26. The van der Waals surface area contributed by atoms with Crippen molar-refractivity contribution in [2.45, 2.75) is 0 Å². The normalized spacial score (nSPS) is 12.2. The van der Waals surface area contributed by atoms with Crippen molar-refractivity contribution in [2.24, 2.45) is 0 Å². The van der Waals surface area contributed by atoms with Gasteiger partial charge in [0.05, 0.1) is 11.4 Å². The number of rotatable bonds is 4. The molecule has 0 atom stereocenters. The number of anilines is 3. The Labute approximate surface area is 306 Å². The highest BCUT2D eigenvalue weighted by Gasteiger charge is 2.24. The van der Waals surface area contributed by atoms with Crippen LogP contribution in [0.3, 0.4) is 0 Å². The van der Waals surface area contributed by atoms with E-state index in [2.05, 4.69) is 144 Å². The molecule has 4 nitrogen and oxygen atoms in total. The Bertz CT molecular complexity index is 3320. The van der Waals surface area contributed by atoms with Crippen molar-refractivity contribution in [1.29, 1.82) is 0 Å². The van der Waals surface area contributed by atoms with Crippen LogP contribution in [0.5, 0.6) is 0 Å². The van der Waals surface area contributed by atoms with Gasteiger partial charge >= 0.3 is 0 Å². The largest absolute Gasteiger partial charge is 0.455 e. The molecule has 0 spiro atoms. The minimum atomic E-state index is 0.818. The summed E-state index contributed by atoms with van der Waals surface area (Å²) in [5.74, 6) is 0. The van der Waals surface area contributed by atoms with Gasteiger partial charge in [-0.25, -0.2) is 0 Å². The fourth-order valence-electron chi connectivity index (χ4n) is 8.33. The number of nitrogens with zero attached hydrogens (tertiary/aromatic N) is 1. The van der Waals surface area contributed by atoms with Gasteiger partial charge in [0.25, 0.3) is 0 Å². The van der Waals surface area contributed by atoms with E-state index in [1.54, 1.807) is 0 Å². The maximum atomic E-state index is 6.93. The first-order chi connectivity index (χ1) is 26.3. The van der Waals surface area contributed by atoms with Gasteiger partial charge < -0.3 is 18.2 Å². The lowest BCUT2D eigenvalue weighted by molar-refractivity contribution is 0.666. The molecule has 248 valence electrons. The molecule has 4 heterocycles. The third-order valence-corrected chi connectivity index (χ3v) is 11.8. The maximum absolute atomic E-state index is 6.93. The van der Waals surface area contributed by atoms with Crippen LogP contribution in [0, 0.1) is 0 Å². The molecule has 4 aromatic heterocycles. The Morgan fingerprint density at radius 1 is 0.377 bits per heavy atom. The molecule has 0 unspecified atom stereocenters. The average molecular weight is 698 g/mol. The Kier molecular flexibility index (Phi) is 5.90. The summed E-state index contributed by atoms with van der Waals surface area (Å²) in [7, 11) is 0. The van der Waals surface area contributed by atoms with Gasteiger partial charge in [0.1, 0.15) is 22.3 Å². The molecule has 0 radical (unpaired) electrons. The van der Waals surface area contributed by atoms with Crippen molar-refractivity contribution < 1.29 is 13.3 Å². The van der Waals surface area contributed by atoms with Gasteiger partial charge in [-0.05, 0) is 60.2 Å². The van der Waals surface area contributed by atoms with Crippen molar-refractivity contribution in [2.75, 3.05) is 4.90 Å². The zero-order chi connectivity index (χ0) is 34.6. The van der Waals surface area contributed by atoms with Crippen molar-refractivity contribution in [1.82, 2.24) is 0 Å². The highest BCUT2D eigenvalue weighted by atomic mass is 32.1. The third-order valence-electron chi connectivity index (χ3n) is 10.7. The monoisotopic (exact) mass is 697 g/mol.